The van der Waals surface area contributed by atoms with Gasteiger partial charge in [-0.1, -0.05) is 6.58 Å². The first-order valence-electron chi connectivity index (χ1n) is 6.29. The smallest absolute Gasteiger partial charge is 0.336 e. The van der Waals surface area contributed by atoms with E-state index in [1.807, 2.05) is 19.1 Å². The Hall–Kier alpha value is -2.56. The number of nitrogens with one attached hydrogen (secondary N) is 2. The van der Waals surface area contributed by atoms with Gasteiger partial charge in [0.15, 0.2) is 0 Å². The lowest BCUT2D eigenvalue weighted by molar-refractivity contribution is -0.116. The van der Waals surface area contributed by atoms with Crippen LogP contribution >= 0.6 is 0 Å². The molecule has 0 aliphatic heterocycles. The molecular weight excluding hydrogens is 256 g/mol. The molecule has 0 unspecified atom stereocenters. The summed E-state index contributed by atoms with van der Waals surface area (Å²) in [5.74, 6) is -0.202. The van der Waals surface area contributed by atoms with E-state index in [2.05, 4.69) is 17.2 Å². The molecule has 0 spiro atoms. The lowest BCUT2D eigenvalue weighted by Crippen LogP contribution is -2.26. The zero-order chi connectivity index (χ0) is 14.5. The van der Waals surface area contributed by atoms with Gasteiger partial charge in [0.2, 0.25) is 5.91 Å². The molecule has 104 valence electrons. The Morgan fingerprint density at radius 2 is 2.15 bits per heavy atom. The van der Waals surface area contributed by atoms with Crippen LogP contribution in [0.1, 0.15) is 5.56 Å². The summed E-state index contributed by atoms with van der Waals surface area (Å²) in [7, 11) is 0. The number of carbonyl (C=O) groups is 1. The van der Waals surface area contributed by atoms with E-state index in [-0.39, 0.29) is 11.5 Å². The van der Waals surface area contributed by atoms with Crippen LogP contribution in [0.5, 0.6) is 0 Å². The molecule has 1 amide bonds. The molecular formula is C15H16N2O3. The van der Waals surface area contributed by atoms with E-state index in [0.717, 1.165) is 16.6 Å². The van der Waals surface area contributed by atoms with Crippen molar-refractivity contribution in [1.29, 1.82) is 0 Å². The number of fused-ring (bicyclic) bond motifs is 1. The minimum absolute atomic E-state index is 0.202. The molecule has 0 fully saturated rings. The van der Waals surface area contributed by atoms with Crippen molar-refractivity contribution in [1.82, 2.24) is 5.32 Å². The van der Waals surface area contributed by atoms with E-state index < -0.39 is 0 Å². The van der Waals surface area contributed by atoms with Crippen LogP contribution in [0.2, 0.25) is 0 Å². The fourth-order valence-corrected chi connectivity index (χ4v) is 1.90. The summed E-state index contributed by atoms with van der Waals surface area (Å²) in [4.78, 5) is 22.3. The second-order valence-electron chi connectivity index (χ2n) is 4.38. The van der Waals surface area contributed by atoms with Crippen molar-refractivity contribution in [3.05, 3.63) is 52.9 Å². The predicted octanol–water partition coefficient (Wildman–Crippen LogP) is 1.82. The van der Waals surface area contributed by atoms with Crippen LogP contribution in [-0.2, 0) is 4.79 Å². The number of carbonyl (C=O) groups excluding carboxylic acids is 1. The Morgan fingerprint density at radius 1 is 1.35 bits per heavy atom. The molecule has 0 saturated heterocycles. The Labute approximate surface area is 116 Å². The van der Waals surface area contributed by atoms with Crippen LogP contribution in [0, 0.1) is 6.92 Å². The van der Waals surface area contributed by atoms with Crippen molar-refractivity contribution in [2.75, 3.05) is 18.4 Å². The lowest BCUT2D eigenvalue weighted by atomic mass is 10.1. The van der Waals surface area contributed by atoms with Gasteiger partial charge in [0.1, 0.15) is 5.58 Å². The number of aryl methyl sites for hydroxylation is 1. The van der Waals surface area contributed by atoms with Crippen molar-refractivity contribution in [2.24, 2.45) is 0 Å². The van der Waals surface area contributed by atoms with Gasteiger partial charge >= 0.3 is 5.63 Å². The van der Waals surface area contributed by atoms with Gasteiger partial charge in [-0.3, -0.25) is 4.79 Å². The Kier molecular flexibility index (Phi) is 4.20. The first kappa shape index (κ1) is 13.9. The number of hydrogen-bond donors (Lipinski definition) is 2. The Balaban J connectivity index is 2.06. The molecule has 0 aliphatic carbocycles. The Morgan fingerprint density at radius 3 is 2.90 bits per heavy atom. The molecule has 1 aromatic heterocycles. The van der Waals surface area contributed by atoms with Crippen LogP contribution in [0.4, 0.5) is 5.69 Å². The summed E-state index contributed by atoms with van der Waals surface area (Å²) in [5, 5.41) is 6.72. The van der Waals surface area contributed by atoms with E-state index in [1.54, 1.807) is 6.07 Å². The van der Waals surface area contributed by atoms with Crippen molar-refractivity contribution in [3.8, 4) is 0 Å². The van der Waals surface area contributed by atoms with Gasteiger partial charge in [-0.15, -0.1) is 0 Å². The molecule has 0 radical (unpaired) electrons. The molecule has 0 bridgehead atoms. The van der Waals surface area contributed by atoms with Gasteiger partial charge in [0.25, 0.3) is 0 Å². The first-order valence-corrected chi connectivity index (χ1v) is 6.29. The van der Waals surface area contributed by atoms with Crippen molar-refractivity contribution >= 4 is 22.6 Å². The molecule has 1 heterocycles. The molecule has 1 aromatic carbocycles. The van der Waals surface area contributed by atoms with E-state index in [4.69, 9.17) is 4.42 Å². The summed E-state index contributed by atoms with van der Waals surface area (Å²) in [6.07, 6.45) is 1.23. The molecule has 0 saturated carbocycles. The summed E-state index contributed by atoms with van der Waals surface area (Å²) in [6, 6.07) is 7.06. The minimum atomic E-state index is -0.356. The van der Waals surface area contributed by atoms with Gasteiger partial charge in [-0.05, 0) is 30.7 Å². The highest BCUT2D eigenvalue weighted by Gasteiger charge is 2.03. The fraction of sp³-hybridized carbons (Fsp3) is 0.200. The number of amides is 1. The monoisotopic (exact) mass is 272 g/mol. The second-order valence-corrected chi connectivity index (χ2v) is 4.38. The number of rotatable bonds is 5. The highest BCUT2D eigenvalue weighted by molar-refractivity contribution is 5.86. The third-order valence-corrected chi connectivity index (χ3v) is 2.89. The van der Waals surface area contributed by atoms with Gasteiger partial charge in [-0.25, -0.2) is 4.79 Å². The lowest BCUT2D eigenvalue weighted by Gasteiger charge is -2.08. The third-order valence-electron chi connectivity index (χ3n) is 2.89. The molecule has 5 heteroatoms. The largest absolute Gasteiger partial charge is 0.423 e. The van der Waals surface area contributed by atoms with Crippen LogP contribution in [0.15, 0.2) is 46.1 Å². The van der Waals surface area contributed by atoms with E-state index >= 15 is 0 Å². The van der Waals surface area contributed by atoms with Crippen molar-refractivity contribution < 1.29 is 9.21 Å². The number of benzene rings is 1. The van der Waals surface area contributed by atoms with Crippen molar-refractivity contribution in [3.63, 3.8) is 0 Å². The molecule has 0 aliphatic rings. The average Bonchev–Trinajstić information content (AvgIpc) is 2.42. The molecule has 2 N–H and O–H groups in total. The maximum atomic E-state index is 11.3. The van der Waals surface area contributed by atoms with E-state index in [1.165, 1.54) is 12.1 Å². The van der Waals surface area contributed by atoms with Crippen LogP contribution < -0.4 is 16.3 Å². The maximum absolute atomic E-state index is 11.3. The zero-order valence-electron chi connectivity index (χ0n) is 11.2. The molecule has 20 heavy (non-hydrogen) atoms. The fourth-order valence-electron chi connectivity index (χ4n) is 1.90. The molecule has 2 aromatic rings. The van der Waals surface area contributed by atoms with Gasteiger partial charge in [0.05, 0.1) is 0 Å². The topological polar surface area (TPSA) is 71.3 Å². The second kappa shape index (κ2) is 6.06. The quantitative estimate of drug-likeness (QED) is 0.495. The minimum Gasteiger partial charge on any atom is -0.423 e. The van der Waals surface area contributed by atoms with Gasteiger partial charge in [0, 0.05) is 36.3 Å². The van der Waals surface area contributed by atoms with Crippen LogP contribution in [0.25, 0.3) is 11.0 Å². The number of hydrogen-bond acceptors (Lipinski definition) is 4. The highest BCUT2D eigenvalue weighted by atomic mass is 16.4. The summed E-state index contributed by atoms with van der Waals surface area (Å²) in [5.41, 5.74) is 1.92. The molecule has 2 rings (SSSR count). The first-order chi connectivity index (χ1) is 9.60. The third kappa shape index (κ3) is 3.26. The normalized spacial score (nSPS) is 10.2. The maximum Gasteiger partial charge on any atom is 0.336 e. The van der Waals surface area contributed by atoms with E-state index in [9.17, 15) is 9.59 Å². The van der Waals surface area contributed by atoms with E-state index in [0.29, 0.717) is 18.7 Å². The highest BCUT2D eigenvalue weighted by Crippen LogP contribution is 2.20. The standard InChI is InChI=1S/C15H16N2O3/c1-3-14(18)17-7-6-16-11-4-5-12-10(2)8-15(19)20-13(12)9-11/h3-5,8-9,16H,1,6-7H2,2H3,(H,17,18). The Bertz CT molecular complexity index is 704. The summed E-state index contributed by atoms with van der Waals surface area (Å²) < 4.78 is 5.17. The van der Waals surface area contributed by atoms with Gasteiger partial charge in [-0.2, -0.15) is 0 Å². The SMILES string of the molecule is C=CC(=O)NCCNc1ccc2c(C)cc(=O)oc2c1. The summed E-state index contributed by atoms with van der Waals surface area (Å²) >= 11 is 0. The van der Waals surface area contributed by atoms with Crippen LogP contribution in [-0.4, -0.2) is 19.0 Å². The van der Waals surface area contributed by atoms with Gasteiger partial charge < -0.3 is 15.1 Å². The molecule has 0 atom stereocenters. The zero-order valence-corrected chi connectivity index (χ0v) is 11.2. The average molecular weight is 272 g/mol. The van der Waals surface area contributed by atoms with Crippen LogP contribution in [0.3, 0.4) is 0 Å². The predicted molar refractivity (Wildman–Crippen MR) is 78.9 cm³/mol. The molecule has 5 nitrogen and oxygen atoms in total. The number of anilines is 1. The van der Waals surface area contributed by atoms with Crippen molar-refractivity contribution in [2.45, 2.75) is 6.92 Å². The summed E-state index contributed by atoms with van der Waals surface area (Å²) in [6.45, 7) is 6.30.